The van der Waals surface area contributed by atoms with Gasteiger partial charge < -0.3 is 9.72 Å². The summed E-state index contributed by atoms with van der Waals surface area (Å²) in [6.07, 6.45) is 9.32. The number of hydrogen-bond donors (Lipinski definition) is 1. The van der Waals surface area contributed by atoms with Gasteiger partial charge in [0, 0.05) is 24.2 Å². The molecule has 4 heteroatoms. The summed E-state index contributed by atoms with van der Waals surface area (Å²) in [5.41, 5.74) is 1.74. The molecule has 0 bridgehead atoms. The monoisotopic (exact) mass is 243 g/mol. The first-order chi connectivity index (χ1) is 8.86. The third kappa shape index (κ3) is 2.16. The predicted molar refractivity (Wildman–Crippen MR) is 69.9 cm³/mol. The fourth-order valence-corrected chi connectivity index (χ4v) is 2.60. The van der Waals surface area contributed by atoms with E-state index in [0.29, 0.717) is 11.6 Å². The number of imidazole rings is 1. The highest BCUT2D eigenvalue weighted by Gasteiger charge is 2.15. The number of rotatable bonds is 3. The Morgan fingerprint density at radius 2 is 2.39 bits per heavy atom. The lowest BCUT2D eigenvalue weighted by Crippen LogP contribution is -2.36. The van der Waals surface area contributed by atoms with E-state index < -0.39 is 0 Å². The fourth-order valence-electron chi connectivity index (χ4n) is 2.60. The summed E-state index contributed by atoms with van der Waals surface area (Å²) in [5.74, 6) is 1.04. The number of nitrogens with zero attached hydrogens (tertiary/aromatic N) is 2. The van der Waals surface area contributed by atoms with Crippen LogP contribution in [0.4, 0.5) is 0 Å². The Hall–Kier alpha value is -1.68. The molecule has 0 aliphatic carbocycles. The molecule has 4 nitrogen and oxygen atoms in total. The summed E-state index contributed by atoms with van der Waals surface area (Å²) in [4.78, 5) is 15.3. The van der Waals surface area contributed by atoms with E-state index in [4.69, 9.17) is 0 Å². The zero-order valence-electron chi connectivity index (χ0n) is 10.3. The van der Waals surface area contributed by atoms with Crippen LogP contribution >= 0.6 is 0 Å². The van der Waals surface area contributed by atoms with Crippen molar-refractivity contribution in [1.82, 2.24) is 14.7 Å². The van der Waals surface area contributed by atoms with Gasteiger partial charge in [-0.1, -0.05) is 6.42 Å². The topological polar surface area (TPSA) is 46.4 Å². The second-order valence-electron chi connectivity index (χ2n) is 4.90. The molecule has 1 saturated heterocycles. The van der Waals surface area contributed by atoms with Crippen molar-refractivity contribution < 1.29 is 4.79 Å². The molecular formula is C14H17N3O. The molecule has 1 atom stereocenters. The van der Waals surface area contributed by atoms with Crippen LogP contribution in [0, 0.1) is 0 Å². The number of nitrogens with one attached hydrogen (secondary N) is 1. The van der Waals surface area contributed by atoms with Gasteiger partial charge in [0.15, 0.2) is 6.29 Å². The minimum atomic E-state index is 0.518. The molecule has 18 heavy (non-hydrogen) atoms. The lowest BCUT2D eigenvalue weighted by molar-refractivity contribution is 0.112. The molecule has 3 rings (SSSR count). The molecule has 2 aromatic heterocycles. The van der Waals surface area contributed by atoms with E-state index in [9.17, 15) is 4.79 Å². The number of hydrogen-bond acceptors (Lipinski definition) is 3. The Balaban J connectivity index is 1.88. The molecule has 0 radical (unpaired) electrons. The van der Waals surface area contributed by atoms with Gasteiger partial charge in [-0.2, -0.15) is 0 Å². The third-order valence-electron chi connectivity index (χ3n) is 3.60. The molecule has 2 aromatic rings. The zero-order valence-corrected chi connectivity index (χ0v) is 10.3. The molecule has 3 heterocycles. The highest BCUT2D eigenvalue weighted by atomic mass is 16.1. The summed E-state index contributed by atoms with van der Waals surface area (Å²) < 4.78 is 2.03. The van der Waals surface area contributed by atoms with Crippen molar-refractivity contribution >= 4 is 11.8 Å². The molecular weight excluding hydrogens is 226 g/mol. The summed E-state index contributed by atoms with van der Waals surface area (Å²) in [6.45, 7) is 1.10. The maximum Gasteiger partial charge on any atom is 0.151 e. The molecule has 0 spiro atoms. The molecule has 1 aliphatic heterocycles. The molecule has 1 N–H and O–H groups in total. The van der Waals surface area contributed by atoms with Gasteiger partial charge in [0.1, 0.15) is 5.82 Å². The maximum atomic E-state index is 10.8. The molecule has 1 aliphatic rings. The van der Waals surface area contributed by atoms with Gasteiger partial charge in [-0.3, -0.25) is 4.79 Å². The zero-order chi connectivity index (χ0) is 12.4. The van der Waals surface area contributed by atoms with Crippen molar-refractivity contribution in [1.29, 1.82) is 0 Å². The Kier molecular flexibility index (Phi) is 3.11. The number of pyridine rings is 1. The summed E-state index contributed by atoms with van der Waals surface area (Å²) in [5, 5.41) is 3.53. The van der Waals surface area contributed by atoms with Crippen LogP contribution in [0.1, 0.15) is 35.4 Å². The van der Waals surface area contributed by atoms with E-state index in [1.807, 2.05) is 28.9 Å². The molecule has 1 unspecified atom stereocenters. The second-order valence-corrected chi connectivity index (χ2v) is 4.90. The van der Waals surface area contributed by atoms with Crippen molar-refractivity contribution in [2.24, 2.45) is 0 Å². The number of aromatic nitrogens is 2. The Morgan fingerprint density at radius 3 is 3.17 bits per heavy atom. The van der Waals surface area contributed by atoms with Crippen LogP contribution in [-0.4, -0.2) is 28.3 Å². The first kappa shape index (κ1) is 11.4. The van der Waals surface area contributed by atoms with Crippen LogP contribution < -0.4 is 5.32 Å². The smallest absolute Gasteiger partial charge is 0.151 e. The van der Waals surface area contributed by atoms with Crippen molar-refractivity contribution in [3.63, 3.8) is 0 Å². The van der Waals surface area contributed by atoms with Crippen LogP contribution in [0.2, 0.25) is 0 Å². The van der Waals surface area contributed by atoms with Gasteiger partial charge in [-0.05, 0) is 31.5 Å². The van der Waals surface area contributed by atoms with E-state index in [0.717, 1.165) is 30.6 Å². The lowest BCUT2D eigenvalue weighted by atomic mass is 10.0. The SMILES string of the molecule is O=Cc1ccc2cnc(CC3CCCCN3)n2c1. The van der Waals surface area contributed by atoms with E-state index in [1.54, 1.807) is 0 Å². The van der Waals surface area contributed by atoms with E-state index in [2.05, 4.69) is 10.3 Å². The summed E-state index contributed by atoms with van der Waals surface area (Å²) in [7, 11) is 0. The highest BCUT2D eigenvalue weighted by molar-refractivity contribution is 5.75. The van der Waals surface area contributed by atoms with Gasteiger partial charge in [0.25, 0.3) is 0 Å². The van der Waals surface area contributed by atoms with Gasteiger partial charge in [-0.25, -0.2) is 4.98 Å². The van der Waals surface area contributed by atoms with E-state index in [1.165, 1.54) is 19.3 Å². The Bertz CT molecular complexity index is 555. The standard InChI is InChI=1S/C14H17N3O/c18-10-11-4-5-13-8-16-14(17(13)9-11)7-12-3-1-2-6-15-12/h4-5,8-10,12,15H,1-3,6-7H2. The second kappa shape index (κ2) is 4.90. The van der Waals surface area contributed by atoms with Crippen molar-refractivity contribution in [3.8, 4) is 0 Å². The van der Waals surface area contributed by atoms with Crippen molar-refractivity contribution in [2.75, 3.05) is 6.54 Å². The average Bonchev–Trinajstić information content (AvgIpc) is 2.82. The minimum Gasteiger partial charge on any atom is -0.314 e. The summed E-state index contributed by atoms with van der Waals surface area (Å²) >= 11 is 0. The van der Waals surface area contributed by atoms with Crippen LogP contribution in [0.5, 0.6) is 0 Å². The maximum absolute atomic E-state index is 10.8. The lowest BCUT2D eigenvalue weighted by Gasteiger charge is -2.22. The average molecular weight is 243 g/mol. The first-order valence-corrected chi connectivity index (χ1v) is 6.51. The van der Waals surface area contributed by atoms with Crippen molar-refractivity contribution in [3.05, 3.63) is 35.9 Å². The van der Waals surface area contributed by atoms with Crippen LogP contribution in [0.15, 0.2) is 24.5 Å². The largest absolute Gasteiger partial charge is 0.314 e. The van der Waals surface area contributed by atoms with Crippen LogP contribution in [-0.2, 0) is 6.42 Å². The highest BCUT2D eigenvalue weighted by Crippen LogP contribution is 2.14. The Labute approximate surface area is 106 Å². The Morgan fingerprint density at radius 1 is 1.44 bits per heavy atom. The molecule has 0 amide bonds. The van der Waals surface area contributed by atoms with Crippen molar-refractivity contribution in [2.45, 2.75) is 31.7 Å². The first-order valence-electron chi connectivity index (χ1n) is 6.51. The third-order valence-corrected chi connectivity index (χ3v) is 3.60. The van der Waals surface area contributed by atoms with E-state index in [-0.39, 0.29) is 0 Å². The van der Waals surface area contributed by atoms with Gasteiger partial charge in [0.2, 0.25) is 0 Å². The fraction of sp³-hybridized carbons (Fsp3) is 0.429. The number of carbonyl (C=O) groups is 1. The molecule has 94 valence electrons. The van der Waals surface area contributed by atoms with E-state index >= 15 is 0 Å². The predicted octanol–water partition coefficient (Wildman–Crippen LogP) is 1.83. The quantitative estimate of drug-likeness (QED) is 0.837. The number of aldehydes is 1. The van der Waals surface area contributed by atoms with Gasteiger partial charge >= 0.3 is 0 Å². The van der Waals surface area contributed by atoms with Gasteiger partial charge in [-0.15, -0.1) is 0 Å². The molecule has 0 aromatic carbocycles. The number of carbonyl (C=O) groups excluding carboxylic acids is 1. The minimum absolute atomic E-state index is 0.518. The van der Waals surface area contributed by atoms with Gasteiger partial charge in [0.05, 0.1) is 11.7 Å². The molecule has 1 fully saturated rings. The normalized spacial score (nSPS) is 20.1. The number of fused-ring (bicyclic) bond motifs is 1. The molecule has 0 saturated carbocycles. The summed E-state index contributed by atoms with van der Waals surface area (Å²) in [6, 6.07) is 4.28. The number of piperidine rings is 1. The van der Waals surface area contributed by atoms with Crippen LogP contribution in [0.25, 0.3) is 5.52 Å². The van der Waals surface area contributed by atoms with Crippen LogP contribution in [0.3, 0.4) is 0 Å².